The Bertz CT molecular complexity index is 1740. The summed E-state index contributed by atoms with van der Waals surface area (Å²) in [6.45, 7) is 4.57. The summed E-state index contributed by atoms with van der Waals surface area (Å²) in [7, 11) is -3.65. The molecule has 0 fully saturated rings. The monoisotopic (exact) mass is 568 g/mol. The van der Waals surface area contributed by atoms with Gasteiger partial charge in [0.05, 0.1) is 16.0 Å². The molecule has 4 aromatic rings. The molecule has 0 atom stereocenters. The first-order valence-electron chi connectivity index (χ1n) is 13.9. The average Bonchev–Trinajstić information content (AvgIpc) is 2.96. The van der Waals surface area contributed by atoms with Crippen LogP contribution < -0.4 is 10.0 Å². The Hall–Kier alpha value is -4.24. The Balaban J connectivity index is 1.76. The molecule has 0 aliphatic rings. The largest absolute Gasteiger partial charge is 0.355 e. The number of hydrogen-bond acceptors (Lipinski definition) is 5. The van der Waals surface area contributed by atoms with Crippen LogP contribution in [0.3, 0.4) is 0 Å². The number of nitrogens with zero attached hydrogens (tertiary/aromatic N) is 2. The summed E-state index contributed by atoms with van der Waals surface area (Å²) in [5, 5.41) is 24.2. The first-order valence-corrected chi connectivity index (χ1v) is 15.4. The van der Waals surface area contributed by atoms with Crippen molar-refractivity contribution in [3.8, 4) is 23.3 Å². The van der Waals surface area contributed by atoms with Crippen LogP contribution in [0, 0.1) is 28.5 Å². The highest BCUT2D eigenvalue weighted by molar-refractivity contribution is 7.89. The lowest BCUT2D eigenvalue weighted by Gasteiger charge is -2.17. The number of halogens is 1. The number of rotatable bonds is 12. The fraction of sp³-hybridized carbons (Fsp3) is 0.273. The third-order valence-electron chi connectivity index (χ3n) is 6.96. The van der Waals surface area contributed by atoms with Gasteiger partial charge in [0.15, 0.2) is 0 Å². The molecule has 6 nitrogen and oxygen atoms in total. The zero-order chi connectivity index (χ0) is 29.4. The van der Waals surface area contributed by atoms with E-state index >= 15 is 0 Å². The number of sulfonamides is 1. The van der Waals surface area contributed by atoms with Crippen LogP contribution in [0.2, 0.25) is 0 Å². The molecular formula is C33H33FN4O2S. The number of hydrogen-bond donors (Lipinski definition) is 2. The number of benzene rings is 4. The highest BCUT2D eigenvalue weighted by Crippen LogP contribution is 2.40. The molecule has 0 heterocycles. The van der Waals surface area contributed by atoms with E-state index in [0.717, 1.165) is 49.7 Å². The van der Waals surface area contributed by atoms with E-state index in [-0.39, 0.29) is 16.0 Å². The average molecular weight is 569 g/mol. The molecule has 0 saturated heterocycles. The predicted octanol–water partition coefficient (Wildman–Crippen LogP) is 7.94. The summed E-state index contributed by atoms with van der Waals surface area (Å²) in [4.78, 5) is 0.140. The predicted molar refractivity (Wildman–Crippen MR) is 162 cm³/mol. The second-order valence-corrected chi connectivity index (χ2v) is 11.8. The van der Waals surface area contributed by atoms with Gasteiger partial charge in [0.25, 0.3) is 0 Å². The van der Waals surface area contributed by atoms with Crippen molar-refractivity contribution in [2.45, 2.75) is 57.3 Å². The number of fused-ring (bicyclic) bond motifs is 1. The fourth-order valence-corrected chi connectivity index (χ4v) is 6.06. The minimum atomic E-state index is -3.65. The van der Waals surface area contributed by atoms with Crippen LogP contribution >= 0.6 is 0 Å². The lowest BCUT2D eigenvalue weighted by molar-refractivity contribution is 0.573. The first-order chi connectivity index (χ1) is 19.8. The van der Waals surface area contributed by atoms with Crippen molar-refractivity contribution >= 4 is 32.2 Å². The molecule has 41 heavy (non-hydrogen) atoms. The number of aryl methyl sites for hydroxylation is 1. The second kappa shape index (κ2) is 13.4. The molecule has 0 saturated carbocycles. The third kappa shape index (κ3) is 6.92. The molecule has 0 aliphatic heterocycles. The van der Waals surface area contributed by atoms with Gasteiger partial charge in [-0.15, -0.1) is 0 Å². The Kier molecular flexibility index (Phi) is 9.73. The van der Waals surface area contributed by atoms with Crippen LogP contribution in [0.15, 0.2) is 71.6 Å². The minimum Gasteiger partial charge on any atom is -0.355 e. The fourth-order valence-electron chi connectivity index (χ4n) is 4.99. The Morgan fingerprint density at radius 1 is 0.878 bits per heavy atom. The van der Waals surface area contributed by atoms with E-state index in [9.17, 15) is 23.3 Å². The van der Waals surface area contributed by atoms with Gasteiger partial charge < -0.3 is 5.32 Å². The van der Waals surface area contributed by atoms with E-state index in [1.165, 1.54) is 30.3 Å². The van der Waals surface area contributed by atoms with Crippen molar-refractivity contribution in [3.63, 3.8) is 0 Å². The van der Waals surface area contributed by atoms with Gasteiger partial charge in [-0.3, -0.25) is 0 Å². The Morgan fingerprint density at radius 2 is 1.66 bits per heavy atom. The van der Waals surface area contributed by atoms with Crippen LogP contribution in [-0.4, -0.2) is 15.0 Å². The van der Waals surface area contributed by atoms with Crippen LogP contribution in [0.4, 0.5) is 15.8 Å². The van der Waals surface area contributed by atoms with Crippen molar-refractivity contribution in [1.82, 2.24) is 4.72 Å². The van der Waals surface area contributed by atoms with Gasteiger partial charge in [-0.05, 0) is 71.8 Å². The van der Waals surface area contributed by atoms with E-state index in [2.05, 4.69) is 36.0 Å². The highest BCUT2D eigenvalue weighted by atomic mass is 32.2. The van der Waals surface area contributed by atoms with Crippen LogP contribution in [0.5, 0.6) is 0 Å². The van der Waals surface area contributed by atoms with Crippen LogP contribution in [0.1, 0.15) is 62.6 Å². The molecular weight excluding hydrogens is 535 g/mol. The Morgan fingerprint density at radius 3 is 2.34 bits per heavy atom. The summed E-state index contributed by atoms with van der Waals surface area (Å²) in [6.07, 6.45) is 5.70. The molecule has 0 spiro atoms. The van der Waals surface area contributed by atoms with Gasteiger partial charge in [-0.1, -0.05) is 63.8 Å². The summed E-state index contributed by atoms with van der Waals surface area (Å²) in [5.41, 5.74) is 3.74. The molecule has 4 aromatic carbocycles. The van der Waals surface area contributed by atoms with E-state index in [0.29, 0.717) is 34.3 Å². The van der Waals surface area contributed by atoms with Crippen molar-refractivity contribution in [3.05, 3.63) is 89.2 Å². The zero-order valence-electron chi connectivity index (χ0n) is 23.3. The lowest BCUT2D eigenvalue weighted by Crippen LogP contribution is -2.24. The van der Waals surface area contributed by atoms with Gasteiger partial charge >= 0.3 is 0 Å². The lowest BCUT2D eigenvalue weighted by atomic mass is 9.88. The number of unbranched alkanes of at least 4 members (excludes halogenated alkanes) is 3. The van der Waals surface area contributed by atoms with Crippen LogP contribution in [-0.2, 0) is 16.4 Å². The molecule has 210 valence electrons. The maximum Gasteiger partial charge on any atom is 0.240 e. The number of nitriles is 2. The van der Waals surface area contributed by atoms with E-state index in [1.807, 2.05) is 24.3 Å². The summed E-state index contributed by atoms with van der Waals surface area (Å²) < 4.78 is 42.9. The number of anilines is 2. The first kappa shape index (κ1) is 29.7. The maximum atomic E-state index is 14.9. The molecule has 0 aliphatic carbocycles. The van der Waals surface area contributed by atoms with E-state index in [1.54, 1.807) is 12.1 Å². The summed E-state index contributed by atoms with van der Waals surface area (Å²) in [5.74, 6) is -0.509. The van der Waals surface area contributed by atoms with Gasteiger partial charge in [0.2, 0.25) is 10.0 Å². The zero-order valence-corrected chi connectivity index (χ0v) is 24.1. The Labute approximate surface area is 241 Å². The molecule has 0 amide bonds. The summed E-state index contributed by atoms with van der Waals surface area (Å²) >= 11 is 0. The van der Waals surface area contributed by atoms with E-state index in [4.69, 9.17) is 0 Å². The summed E-state index contributed by atoms with van der Waals surface area (Å²) in [6, 6.07) is 22.6. The maximum absolute atomic E-state index is 14.9. The molecule has 2 N–H and O–H groups in total. The molecule has 0 unspecified atom stereocenters. The molecule has 0 bridgehead atoms. The third-order valence-corrected chi connectivity index (χ3v) is 8.43. The SMILES string of the molecule is CCCCCCNS(=O)(=O)c1ccc(Nc2cc(F)cc3cc(C#N)c(C#N)c(-c4cccc(CCC)c4)c23)cc1. The second-order valence-electron chi connectivity index (χ2n) is 10.0. The van der Waals surface area contributed by atoms with Gasteiger partial charge in [-0.2, -0.15) is 10.5 Å². The highest BCUT2D eigenvalue weighted by Gasteiger charge is 2.20. The van der Waals surface area contributed by atoms with E-state index < -0.39 is 15.8 Å². The van der Waals surface area contributed by atoms with Gasteiger partial charge in [-0.25, -0.2) is 17.5 Å². The smallest absolute Gasteiger partial charge is 0.240 e. The minimum absolute atomic E-state index is 0.140. The van der Waals surface area contributed by atoms with Crippen LogP contribution in [0.25, 0.3) is 21.9 Å². The van der Waals surface area contributed by atoms with Gasteiger partial charge in [0.1, 0.15) is 18.0 Å². The van der Waals surface area contributed by atoms with Gasteiger partial charge in [0, 0.05) is 28.9 Å². The molecule has 0 radical (unpaired) electrons. The van der Waals surface area contributed by atoms with Crippen molar-refractivity contribution < 1.29 is 12.8 Å². The quantitative estimate of drug-likeness (QED) is 0.169. The normalized spacial score (nSPS) is 11.2. The standard InChI is InChI=1S/C33H33FN4O2S/c1-3-5-6-7-16-37-41(39,40)29-14-12-28(13-15-29)38-31-20-27(34)19-25-18-26(21-35)30(22-36)32(33(25)31)24-11-8-10-23(17-24)9-4-2/h8,10-15,17-20,37-38H,3-7,9,16H2,1-2H3. The topological polar surface area (TPSA) is 106 Å². The van der Waals surface area contributed by atoms with Crippen molar-refractivity contribution in [2.24, 2.45) is 0 Å². The van der Waals surface area contributed by atoms with Crippen molar-refractivity contribution in [1.29, 1.82) is 10.5 Å². The molecule has 0 aromatic heterocycles. The molecule has 4 rings (SSSR count). The van der Waals surface area contributed by atoms with Crippen molar-refractivity contribution in [2.75, 3.05) is 11.9 Å². The molecule has 8 heteroatoms. The number of nitrogens with one attached hydrogen (secondary N) is 2.